The lowest BCUT2D eigenvalue weighted by Crippen LogP contribution is -2.43. The molecule has 2 rings (SSSR count). The van der Waals surface area contributed by atoms with Gasteiger partial charge in [-0.1, -0.05) is 13.3 Å². The van der Waals surface area contributed by atoms with Crippen LogP contribution in [0.3, 0.4) is 0 Å². The number of carbonyl (C=O) groups excluding carboxylic acids is 3. The number of amides is 4. The topological polar surface area (TPSA) is 82.6 Å². The summed E-state index contributed by atoms with van der Waals surface area (Å²) >= 11 is 1.33. The summed E-state index contributed by atoms with van der Waals surface area (Å²) in [4.78, 5) is 43.3. The number of carbonyl (C=O) groups is 3. The predicted octanol–water partition coefficient (Wildman–Crippen LogP) is 2.13. The van der Waals surface area contributed by atoms with Gasteiger partial charge in [-0.2, -0.15) is 0 Å². The summed E-state index contributed by atoms with van der Waals surface area (Å²) in [6.07, 6.45) is 1.41. The van der Waals surface area contributed by atoms with Gasteiger partial charge in [-0.3, -0.25) is 19.4 Å². The molecular weight excluding hydrogens is 316 g/mol. The van der Waals surface area contributed by atoms with Crippen LogP contribution in [0.5, 0.6) is 0 Å². The largest absolute Gasteiger partial charge is 0.325 e. The SMILES string of the molecule is CCC[C@]1(C)NC(=O)N(Cc2csc(N(CC)C(C)=O)n2)C1=O. The first kappa shape index (κ1) is 17.4. The Labute approximate surface area is 139 Å². The molecule has 23 heavy (non-hydrogen) atoms. The van der Waals surface area contributed by atoms with Gasteiger partial charge in [-0.15, -0.1) is 11.3 Å². The van der Waals surface area contributed by atoms with Crippen molar-refractivity contribution in [3.05, 3.63) is 11.1 Å². The number of thiazole rings is 1. The maximum Gasteiger partial charge on any atom is 0.325 e. The molecule has 1 aliphatic heterocycles. The highest BCUT2D eigenvalue weighted by Crippen LogP contribution is 2.26. The Hall–Kier alpha value is -1.96. The fourth-order valence-corrected chi connectivity index (χ4v) is 3.63. The molecule has 126 valence electrons. The maximum absolute atomic E-state index is 12.5. The second kappa shape index (κ2) is 6.66. The number of aromatic nitrogens is 1. The van der Waals surface area contributed by atoms with E-state index < -0.39 is 5.54 Å². The molecule has 1 atom stereocenters. The van der Waals surface area contributed by atoms with E-state index in [0.29, 0.717) is 23.8 Å². The monoisotopic (exact) mass is 338 g/mol. The zero-order valence-corrected chi connectivity index (χ0v) is 14.7. The first-order chi connectivity index (χ1) is 10.8. The molecule has 0 aromatic carbocycles. The Bertz CT molecular complexity index is 630. The van der Waals surface area contributed by atoms with Crippen molar-refractivity contribution in [3.8, 4) is 0 Å². The zero-order chi connectivity index (χ0) is 17.2. The van der Waals surface area contributed by atoms with Crippen molar-refractivity contribution in [1.82, 2.24) is 15.2 Å². The molecule has 1 fully saturated rings. The number of nitrogens with zero attached hydrogens (tertiary/aromatic N) is 3. The fraction of sp³-hybridized carbons (Fsp3) is 0.600. The second-order valence-corrected chi connectivity index (χ2v) is 6.62. The van der Waals surface area contributed by atoms with Crippen molar-refractivity contribution in [2.24, 2.45) is 0 Å². The van der Waals surface area contributed by atoms with Gasteiger partial charge in [0, 0.05) is 18.8 Å². The van der Waals surface area contributed by atoms with Crippen LogP contribution in [-0.2, 0) is 16.1 Å². The number of rotatable bonds is 6. The fourth-order valence-electron chi connectivity index (χ4n) is 2.71. The van der Waals surface area contributed by atoms with E-state index in [0.717, 1.165) is 6.42 Å². The number of hydrogen-bond donors (Lipinski definition) is 1. The zero-order valence-electron chi connectivity index (χ0n) is 13.9. The first-order valence-corrected chi connectivity index (χ1v) is 8.57. The van der Waals surface area contributed by atoms with Crippen molar-refractivity contribution in [3.63, 3.8) is 0 Å². The lowest BCUT2D eigenvalue weighted by Gasteiger charge is -2.20. The molecule has 8 heteroatoms. The summed E-state index contributed by atoms with van der Waals surface area (Å²) in [5.41, 5.74) is -0.228. The quantitative estimate of drug-likeness (QED) is 0.806. The van der Waals surface area contributed by atoms with E-state index in [2.05, 4.69) is 10.3 Å². The molecule has 4 amide bonds. The van der Waals surface area contributed by atoms with Crippen LogP contribution in [0, 0.1) is 0 Å². The van der Waals surface area contributed by atoms with Crippen LogP contribution in [0.2, 0.25) is 0 Å². The third-order valence-corrected chi connectivity index (χ3v) is 4.79. The van der Waals surface area contributed by atoms with E-state index in [1.165, 1.54) is 23.2 Å². The Morgan fingerprint density at radius 1 is 1.43 bits per heavy atom. The lowest BCUT2D eigenvalue weighted by molar-refractivity contribution is -0.131. The normalized spacial score (nSPS) is 20.8. The van der Waals surface area contributed by atoms with Crippen molar-refractivity contribution in [2.45, 2.75) is 52.6 Å². The van der Waals surface area contributed by atoms with Crippen LogP contribution in [0.1, 0.15) is 46.2 Å². The van der Waals surface area contributed by atoms with Crippen LogP contribution in [0.4, 0.5) is 9.93 Å². The number of nitrogens with one attached hydrogen (secondary N) is 1. The number of hydrogen-bond acceptors (Lipinski definition) is 5. The van der Waals surface area contributed by atoms with E-state index in [-0.39, 0.29) is 24.4 Å². The Morgan fingerprint density at radius 3 is 2.70 bits per heavy atom. The van der Waals surface area contributed by atoms with Gasteiger partial charge in [0.25, 0.3) is 5.91 Å². The Kier molecular flexibility index (Phi) is 5.03. The highest BCUT2D eigenvalue weighted by molar-refractivity contribution is 7.14. The van der Waals surface area contributed by atoms with E-state index >= 15 is 0 Å². The van der Waals surface area contributed by atoms with E-state index in [1.807, 2.05) is 13.8 Å². The molecule has 1 N–H and O–H groups in total. The van der Waals surface area contributed by atoms with Crippen molar-refractivity contribution < 1.29 is 14.4 Å². The maximum atomic E-state index is 12.5. The molecule has 0 saturated carbocycles. The van der Waals surface area contributed by atoms with E-state index in [4.69, 9.17) is 0 Å². The summed E-state index contributed by atoms with van der Waals surface area (Å²) in [5, 5.41) is 5.12. The van der Waals surface area contributed by atoms with Gasteiger partial charge >= 0.3 is 6.03 Å². The first-order valence-electron chi connectivity index (χ1n) is 7.69. The van der Waals surface area contributed by atoms with Gasteiger partial charge in [0.05, 0.1) is 12.2 Å². The Balaban J connectivity index is 2.14. The minimum Gasteiger partial charge on any atom is -0.323 e. The number of urea groups is 1. The van der Waals surface area contributed by atoms with Gasteiger partial charge in [0.15, 0.2) is 5.13 Å². The molecule has 1 aliphatic rings. The second-order valence-electron chi connectivity index (χ2n) is 5.79. The average molecular weight is 338 g/mol. The smallest absolute Gasteiger partial charge is 0.323 e. The van der Waals surface area contributed by atoms with Crippen molar-refractivity contribution >= 4 is 34.3 Å². The van der Waals surface area contributed by atoms with Gasteiger partial charge in [0.1, 0.15) is 5.54 Å². The lowest BCUT2D eigenvalue weighted by atomic mass is 9.96. The molecule has 0 unspecified atom stereocenters. The molecule has 0 radical (unpaired) electrons. The number of imide groups is 1. The molecule has 0 spiro atoms. The predicted molar refractivity (Wildman–Crippen MR) is 88.2 cm³/mol. The molecule has 1 aromatic heterocycles. The van der Waals surface area contributed by atoms with Crippen LogP contribution < -0.4 is 10.2 Å². The molecule has 2 heterocycles. The van der Waals surface area contributed by atoms with Crippen LogP contribution in [0.15, 0.2) is 5.38 Å². The summed E-state index contributed by atoms with van der Waals surface area (Å²) in [6.45, 7) is 7.73. The highest BCUT2D eigenvalue weighted by Gasteiger charge is 2.47. The Morgan fingerprint density at radius 2 is 2.13 bits per heavy atom. The third-order valence-electron chi connectivity index (χ3n) is 3.88. The van der Waals surface area contributed by atoms with Gasteiger partial charge in [-0.25, -0.2) is 9.78 Å². The molecule has 0 aliphatic carbocycles. The summed E-state index contributed by atoms with van der Waals surface area (Å²) in [7, 11) is 0. The molecule has 1 aromatic rings. The van der Waals surface area contributed by atoms with Gasteiger partial charge in [0.2, 0.25) is 5.91 Å². The molecule has 7 nitrogen and oxygen atoms in total. The highest BCUT2D eigenvalue weighted by atomic mass is 32.1. The van der Waals surface area contributed by atoms with E-state index in [9.17, 15) is 14.4 Å². The summed E-state index contributed by atoms with van der Waals surface area (Å²) < 4.78 is 0. The van der Waals surface area contributed by atoms with Crippen LogP contribution in [-0.4, -0.2) is 39.8 Å². The molecule has 1 saturated heterocycles. The molecule has 0 bridgehead atoms. The van der Waals surface area contributed by atoms with Crippen molar-refractivity contribution in [2.75, 3.05) is 11.4 Å². The summed E-state index contributed by atoms with van der Waals surface area (Å²) in [6, 6.07) is -0.389. The number of anilines is 1. The van der Waals surface area contributed by atoms with Crippen LogP contribution >= 0.6 is 11.3 Å². The standard InChI is InChI=1S/C15H22N4O3S/c1-5-7-15(4)12(21)19(13(22)17-15)8-11-9-23-14(16-11)18(6-2)10(3)20/h9H,5-8H2,1-4H3,(H,17,22)/t15-/m0/s1. The van der Waals surface area contributed by atoms with Crippen molar-refractivity contribution in [1.29, 1.82) is 0 Å². The average Bonchev–Trinajstić information content (AvgIpc) is 2.99. The van der Waals surface area contributed by atoms with Gasteiger partial charge < -0.3 is 5.32 Å². The summed E-state index contributed by atoms with van der Waals surface area (Å²) in [5.74, 6) is -0.309. The minimum atomic E-state index is -0.834. The van der Waals surface area contributed by atoms with Crippen LogP contribution in [0.25, 0.3) is 0 Å². The van der Waals surface area contributed by atoms with Gasteiger partial charge in [-0.05, 0) is 20.3 Å². The third kappa shape index (κ3) is 3.36. The minimum absolute atomic E-state index is 0.0843. The molecular formula is C15H22N4O3S. The van der Waals surface area contributed by atoms with E-state index in [1.54, 1.807) is 17.2 Å².